The molecule has 206 valence electrons. The number of hydrogen-bond acceptors (Lipinski definition) is 6. The van der Waals surface area contributed by atoms with Crippen LogP contribution in [0.1, 0.15) is 33.0 Å². The van der Waals surface area contributed by atoms with Crippen LogP contribution in [0.25, 0.3) is 27.6 Å². The largest absolute Gasteiger partial charge is 0.366 e. The molecule has 40 heavy (non-hydrogen) atoms. The van der Waals surface area contributed by atoms with E-state index in [1.807, 2.05) is 35.7 Å². The topological polar surface area (TPSA) is 138 Å². The van der Waals surface area contributed by atoms with Crippen molar-refractivity contribution in [3.05, 3.63) is 88.5 Å². The monoisotopic (exact) mass is 575 g/mol. The minimum Gasteiger partial charge on any atom is -0.366 e. The number of nitrogens with one attached hydrogen (secondary N) is 2. The Morgan fingerprint density at radius 2 is 2.05 bits per heavy atom. The Morgan fingerprint density at radius 1 is 1.23 bits per heavy atom. The van der Waals surface area contributed by atoms with E-state index in [0.29, 0.717) is 29.7 Å². The van der Waals surface area contributed by atoms with Gasteiger partial charge < -0.3 is 16.0 Å². The molecule has 4 N–H and O–H groups in total. The summed E-state index contributed by atoms with van der Waals surface area (Å²) < 4.78 is 25.3. The molecule has 1 aliphatic heterocycles. The number of H-pyrrole nitrogens is 1. The van der Waals surface area contributed by atoms with Crippen LogP contribution in [0.15, 0.2) is 66.7 Å². The highest BCUT2D eigenvalue weighted by molar-refractivity contribution is 7.88. The number of amides is 2. The highest BCUT2D eigenvalue weighted by Gasteiger charge is 2.22. The Bertz CT molecular complexity index is 1750. The fourth-order valence-electron chi connectivity index (χ4n) is 4.93. The third kappa shape index (κ3) is 5.91. The number of carbonyl (C=O) groups excluding carboxylic acids is 2. The Kier molecular flexibility index (Phi) is 7.70. The number of aromatic nitrogens is 2. The number of thiazole rings is 1. The number of fused-ring (bicyclic) bond motifs is 1. The van der Waals surface area contributed by atoms with Gasteiger partial charge in [0.05, 0.1) is 22.3 Å². The molecule has 0 radical (unpaired) electrons. The van der Waals surface area contributed by atoms with E-state index < -0.39 is 15.9 Å². The number of anilines is 1. The van der Waals surface area contributed by atoms with Crippen LogP contribution in [0.3, 0.4) is 0 Å². The van der Waals surface area contributed by atoms with Gasteiger partial charge in [0, 0.05) is 47.9 Å². The quantitative estimate of drug-likeness (QED) is 0.255. The van der Waals surface area contributed by atoms with Gasteiger partial charge in [0.15, 0.2) is 0 Å². The summed E-state index contributed by atoms with van der Waals surface area (Å²) in [5.41, 5.74) is 11.8. The first kappa shape index (κ1) is 27.5. The maximum absolute atomic E-state index is 12.3. The Labute approximate surface area is 236 Å². The molecular formula is C29H29N5O4S2. The molecule has 0 atom stereocenters. The highest BCUT2D eigenvalue weighted by Crippen LogP contribution is 2.36. The lowest BCUT2D eigenvalue weighted by Gasteiger charge is -2.23. The normalized spacial score (nSPS) is 14.2. The molecule has 0 bridgehead atoms. The molecule has 2 amide bonds. The van der Waals surface area contributed by atoms with Gasteiger partial charge in [-0.3, -0.25) is 9.59 Å². The molecule has 1 aliphatic rings. The zero-order valence-electron chi connectivity index (χ0n) is 21.9. The molecule has 2 aromatic carbocycles. The Hall–Kier alpha value is -4.06. The second kappa shape index (κ2) is 11.2. The molecular weight excluding hydrogens is 546 g/mol. The summed E-state index contributed by atoms with van der Waals surface area (Å²) in [5.74, 6) is -0.865. The van der Waals surface area contributed by atoms with E-state index in [1.165, 1.54) is 16.6 Å². The van der Waals surface area contributed by atoms with Crippen molar-refractivity contribution in [2.75, 3.05) is 24.7 Å². The minimum atomic E-state index is -3.28. The van der Waals surface area contributed by atoms with Crippen molar-refractivity contribution in [3.63, 3.8) is 0 Å². The zero-order valence-corrected chi connectivity index (χ0v) is 23.6. The molecule has 0 unspecified atom stereocenters. The predicted molar refractivity (Wildman–Crippen MR) is 160 cm³/mol. The van der Waals surface area contributed by atoms with Gasteiger partial charge in [-0.15, -0.1) is 11.3 Å². The number of rotatable bonds is 9. The Balaban J connectivity index is 1.59. The van der Waals surface area contributed by atoms with Crippen LogP contribution < -0.4 is 11.1 Å². The fourth-order valence-corrected chi connectivity index (χ4v) is 6.32. The number of hydrogen-bond donors (Lipinski definition) is 3. The molecule has 5 rings (SSSR count). The van der Waals surface area contributed by atoms with E-state index in [1.54, 1.807) is 23.6 Å². The average Bonchev–Trinajstić information content (AvgIpc) is 3.61. The summed E-state index contributed by atoms with van der Waals surface area (Å²) in [6.45, 7) is 4.22. The van der Waals surface area contributed by atoms with Crippen LogP contribution in [0.4, 0.5) is 5.69 Å². The lowest BCUT2D eigenvalue weighted by atomic mass is 9.95. The number of primary amides is 1. The second-order valence-electron chi connectivity index (χ2n) is 9.63. The van der Waals surface area contributed by atoms with Crippen LogP contribution in [-0.2, 0) is 27.7 Å². The number of sulfonamides is 1. The number of nitrogens with two attached hydrogens (primary N) is 1. The van der Waals surface area contributed by atoms with Crippen LogP contribution in [-0.4, -0.2) is 53.9 Å². The number of nitrogens with zero attached hydrogens (tertiary/aromatic N) is 2. The molecule has 0 fully saturated rings. The third-order valence-electron chi connectivity index (χ3n) is 6.91. The first-order valence-electron chi connectivity index (χ1n) is 12.7. The zero-order chi connectivity index (χ0) is 28.4. The van der Waals surface area contributed by atoms with Crippen LogP contribution in [0.2, 0.25) is 0 Å². The number of aromatic amines is 1. The number of benzene rings is 2. The molecule has 4 aromatic rings. The average molecular weight is 576 g/mol. The lowest BCUT2D eigenvalue weighted by molar-refractivity contribution is -0.111. The van der Waals surface area contributed by atoms with Crippen molar-refractivity contribution in [1.29, 1.82) is 0 Å². The standard InChI is InChI=1S/C29H29N5O4S2/c1-3-26(35)32-21-15-18(4-7-27-31-10-13-39-27)14-20(16-21)22-5-6-23(29(30)36)28-24(22)17-25(33-28)19-8-11-34(12-9-19)40(2,37)38/h3,5-6,8,10,13-17,33H,1,4,7,9,11-12H2,2H3,(H2,30,36)(H,32,35). The summed E-state index contributed by atoms with van der Waals surface area (Å²) in [4.78, 5) is 32.2. The van der Waals surface area contributed by atoms with Crippen molar-refractivity contribution in [1.82, 2.24) is 14.3 Å². The molecule has 3 heterocycles. The van der Waals surface area contributed by atoms with E-state index in [4.69, 9.17) is 5.73 Å². The van der Waals surface area contributed by atoms with E-state index in [9.17, 15) is 18.0 Å². The highest BCUT2D eigenvalue weighted by atomic mass is 32.2. The smallest absolute Gasteiger partial charge is 0.250 e. The summed E-state index contributed by atoms with van der Waals surface area (Å²) in [5, 5.41) is 6.65. The lowest BCUT2D eigenvalue weighted by Crippen LogP contribution is -2.33. The molecule has 9 nitrogen and oxygen atoms in total. The Morgan fingerprint density at radius 3 is 2.70 bits per heavy atom. The van der Waals surface area contributed by atoms with Gasteiger partial charge in [0.1, 0.15) is 0 Å². The fraction of sp³-hybridized carbons (Fsp3) is 0.207. The molecule has 0 spiro atoms. The SMILES string of the molecule is C=CC(=O)Nc1cc(CCc2nccs2)cc(-c2ccc(C(N)=O)c3[nH]c(C4=CCN(S(C)(=O)=O)CC4)cc23)c1. The van der Waals surface area contributed by atoms with Gasteiger partial charge in [-0.25, -0.2) is 13.4 Å². The molecule has 0 saturated carbocycles. The van der Waals surface area contributed by atoms with Gasteiger partial charge in [0.25, 0.3) is 5.91 Å². The first-order chi connectivity index (χ1) is 19.1. The van der Waals surface area contributed by atoms with E-state index in [-0.39, 0.29) is 12.5 Å². The predicted octanol–water partition coefficient (Wildman–Crippen LogP) is 4.35. The van der Waals surface area contributed by atoms with Gasteiger partial charge in [0.2, 0.25) is 15.9 Å². The molecule has 11 heteroatoms. The van der Waals surface area contributed by atoms with Crippen LogP contribution in [0.5, 0.6) is 0 Å². The van der Waals surface area contributed by atoms with Crippen LogP contribution >= 0.6 is 11.3 Å². The summed E-state index contributed by atoms with van der Waals surface area (Å²) in [7, 11) is -3.28. The molecule has 0 saturated heterocycles. The van der Waals surface area contributed by atoms with Crippen molar-refractivity contribution in [2.24, 2.45) is 5.73 Å². The van der Waals surface area contributed by atoms with Gasteiger partial charge >= 0.3 is 0 Å². The summed E-state index contributed by atoms with van der Waals surface area (Å²) in [6, 6.07) is 11.4. The second-order valence-corrected chi connectivity index (χ2v) is 12.6. The van der Waals surface area contributed by atoms with Crippen LogP contribution in [0, 0.1) is 0 Å². The third-order valence-corrected chi connectivity index (χ3v) is 9.02. The van der Waals surface area contributed by atoms with E-state index >= 15 is 0 Å². The van der Waals surface area contributed by atoms with Crippen molar-refractivity contribution in [2.45, 2.75) is 19.3 Å². The maximum Gasteiger partial charge on any atom is 0.250 e. The van der Waals surface area contributed by atoms with Crippen molar-refractivity contribution >= 4 is 55.3 Å². The number of aryl methyl sites for hydroxylation is 2. The first-order valence-corrected chi connectivity index (χ1v) is 15.4. The van der Waals surface area contributed by atoms with Crippen molar-refractivity contribution < 1.29 is 18.0 Å². The molecule has 2 aromatic heterocycles. The van der Waals surface area contributed by atoms with Crippen molar-refractivity contribution in [3.8, 4) is 11.1 Å². The number of carbonyl (C=O) groups is 2. The van der Waals surface area contributed by atoms with E-state index in [0.717, 1.165) is 51.2 Å². The minimum absolute atomic E-state index is 0.284. The summed E-state index contributed by atoms with van der Waals surface area (Å²) in [6.07, 6.45) is 8.13. The van der Waals surface area contributed by atoms with Gasteiger partial charge in [-0.05, 0) is 65.4 Å². The maximum atomic E-state index is 12.3. The van der Waals surface area contributed by atoms with E-state index in [2.05, 4.69) is 27.9 Å². The molecule has 0 aliphatic carbocycles. The van der Waals surface area contributed by atoms with Gasteiger partial charge in [-0.1, -0.05) is 24.8 Å². The summed E-state index contributed by atoms with van der Waals surface area (Å²) >= 11 is 1.60. The van der Waals surface area contributed by atoms with Gasteiger partial charge in [-0.2, -0.15) is 4.31 Å².